The molecule has 25 heavy (non-hydrogen) atoms. The number of anilines is 1. The molecule has 0 aliphatic heterocycles. The van der Waals surface area contributed by atoms with Crippen LogP contribution in [0.25, 0.3) is 0 Å². The van der Waals surface area contributed by atoms with Crippen LogP contribution in [0.3, 0.4) is 0 Å². The number of halogens is 1. The largest absolute Gasteiger partial charge is 0.350 e. The highest BCUT2D eigenvalue weighted by Crippen LogP contribution is 2.49. The first-order valence-corrected chi connectivity index (χ1v) is 8.40. The molecule has 0 heterocycles. The fourth-order valence-corrected chi connectivity index (χ4v) is 2.89. The molecule has 2 amide bonds. The van der Waals surface area contributed by atoms with E-state index in [-0.39, 0.29) is 23.7 Å². The summed E-state index contributed by atoms with van der Waals surface area (Å²) >= 11 is 0. The summed E-state index contributed by atoms with van der Waals surface area (Å²) in [5.41, 5.74) is 0.787. The van der Waals surface area contributed by atoms with E-state index in [0.29, 0.717) is 29.7 Å². The fourth-order valence-electron chi connectivity index (χ4n) is 2.89. The van der Waals surface area contributed by atoms with Crippen molar-refractivity contribution in [3.8, 4) is 0 Å². The second-order valence-electron chi connectivity index (χ2n) is 6.72. The summed E-state index contributed by atoms with van der Waals surface area (Å²) in [7, 11) is 0. The van der Waals surface area contributed by atoms with Crippen molar-refractivity contribution < 1.29 is 14.0 Å². The van der Waals surface area contributed by atoms with Crippen LogP contribution in [0.5, 0.6) is 0 Å². The molecule has 2 aromatic rings. The van der Waals surface area contributed by atoms with Crippen LogP contribution < -0.4 is 10.6 Å². The van der Waals surface area contributed by atoms with Gasteiger partial charge in [0, 0.05) is 22.9 Å². The smallest absolute Gasteiger partial charge is 0.251 e. The van der Waals surface area contributed by atoms with Crippen LogP contribution in [0.1, 0.15) is 42.6 Å². The molecule has 130 valence electrons. The predicted octanol–water partition coefficient (Wildman–Crippen LogP) is 3.63. The maximum Gasteiger partial charge on any atom is 0.251 e. The van der Waals surface area contributed by atoms with Crippen molar-refractivity contribution in [3.05, 3.63) is 65.5 Å². The maximum absolute atomic E-state index is 14.0. The monoisotopic (exact) mass is 340 g/mol. The average molecular weight is 340 g/mol. The second-order valence-corrected chi connectivity index (χ2v) is 6.72. The normalized spacial score (nSPS) is 14.9. The highest BCUT2D eigenvalue weighted by molar-refractivity contribution is 6.02. The van der Waals surface area contributed by atoms with Crippen LogP contribution in [0.4, 0.5) is 10.1 Å². The molecule has 5 heteroatoms. The molecule has 1 saturated carbocycles. The zero-order valence-electron chi connectivity index (χ0n) is 14.3. The quantitative estimate of drug-likeness (QED) is 0.873. The van der Waals surface area contributed by atoms with Crippen LogP contribution in [0.2, 0.25) is 0 Å². The van der Waals surface area contributed by atoms with Crippen molar-refractivity contribution in [1.82, 2.24) is 5.32 Å². The zero-order chi connectivity index (χ0) is 18.0. The van der Waals surface area contributed by atoms with Gasteiger partial charge in [-0.1, -0.05) is 18.2 Å². The number of hydrogen-bond acceptors (Lipinski definition) is 2. The Labute approximate surface area is 146 Å². The van der Waals surface area contributed by atoms with Gasteiger partial charge in [0.05, 0.1) is 5.41 Å². The van der Waals surface area contributed by atoms with E-state index in [0.717, 1.165) is 0 Å². The molecule has 2 aromatic carbocycles. The molecule has 1 fully saturated rings. The predicted molar refractivity (Wildman–Crippen MR) is 95.0 cm³/mol. The summed E-state index contributed by atoms with van der Waals surface area (Å²) in [6.45, 7) is 3.79. The fraction of sp³-hybridized carbons (Fsp3) is 0.300. The lowest BCUT2D eigenvalue weighted by Crippen LogP contribution is -2.30. The van der Waals surface area contributed by atoms with E-state index in [9.17, 15) is 14.0 Å². The summed E-state index contributed by atoms with van der Waals surface area (Å²) in [6.07, 6.45) is 1.27. The van der Waals surface area contributed by atoms with Gasteiger partial charge in [-0.15, -0.1) is 0 Å². The van der Waals surface area contributed by atoms with Gasteiger partial charge in [-0.25, -0.2) is 4.39 Å². The Kier molecular flexibility index (Phi) is 4.57. The van der Waals surface area contributed by atoms with E-state index in [4.69, 9.17) is 0 Å². The van der Waals surface area contributed by atoms with E-state index in [1.807, 2.05) is 13.8 Å². The Morgan fingerprint density at radius 3 is 2.24 bits per heavy atom. The van der Waals surface area contributed by atoms with Gasteiger partial charge in [0.1, 0.15) is 5.82 Å². The summed E-state index contributed by atoms with van der Waals surface area (Å²) in [5.74, 6) is -0.717. The molecule has 0 spiro atoms. The summed E-state index contributed by atoms with van der Waals surface area (Å²) in [5, 5.41) is 5.65. The first-order valence-electron chi connectivity index (χ1n) is 8.40. The Hall–Kier alpha value is -2.69. The summed E-state index contributed by atoms with van der Waals surface area (Å²) < 4.78 is 14.0. The SMILES string of the molecule is CC(C)NC(=O)c1ccc(NC(=O)C2(c3ccccc3F)CC2)cc1. The Morgan fingerprint density at radius 2 is 1.68 bits per heavy atom. The molecular weight excluding hydrogens is 319 g/mol. The molecule has 0 saturated heterocycles. The van der Waals surface area contributed by atoms with Crippen LogP contribution in [-0.4, -0.2) is 17.9 Å². The summed E-state index contributed by atoms with van der Waals surface area (Å²) in [4.78, 5) is 24.6. The number of benzene rings is 2. The van der Waals surface area contributed by atoms with Crippen molar-refractivity contribution in [2.75, 3.05) is 5.32 Å². The van der Waals surface area contributed by atoms with Crippen LogP contribution >= 0.6 is 0 Å². The van der Waals surface area contributed by atoms with Gasteiger partial charge in [0.15, 0.2) is 0 Å². The number of amides is 2. The molecule has 0 unspecified atom stereocenters. The molecule has 2 N–H and O–H groups in total. The van der Waals surface area contributed by atoms with Crippen molar-refractivity contribution in [1.29, 1.82) is 0 Å². The van der Waals surface area contributed by atoms with Gasteiger partial charge in [-0.05, 0) is 57.0 Å². The van der Waals surface area contributed by atoms with E-state index in [1.54, 1.807) is 42.5 Å². The summed E-state index contributed by atoms with van der Waals surface area (Å²) in [6, 6.07) is 13.2. The van der Waals surface area contributed by atoms with Crippen molar-refractivity contribution in [2.24, 2.45) is 0 Å². The molecular formula is C20H21FN2O2. The molecule has 4 nitrogen and oxygen atoms in total. The maximum atomic E-state index is 14.0. The molecule has 1 aliphatic carbocycles. The minimum Gasteiger partial charge on any atom is -0.350 e. The Bertz CT molecular complexity index is 796. The van der Waals surface area contributed by atoms with Gasteiger partial charge < -0.3 is 10.6 Å². The topological polar surface area (TPSA) is 58.2 Å². The zero-order valence-corrected chi connectivity index (χ0v) is 14.3. The number of rotatable bonds is 5. The molecule has 0 aromatic heterocycles. The second kappa shape index (κ2) is 6.67. The van der Waals surface area contributed by atoms with Crippen LogP contribution in [0, 0.1) is 5.82 Å². The number of carbonyl (C=O) groups excluding carboxylic acids is 2. The minimum absolute atomic E-state index is 0.0578. The van der Waals surface area contributed by atoms with Crippen molar-refractivity contribution >= 4 is 17.5 Å². The Morgan fingerprint density at radius 1 is 1.04 bits per heavy atom. The first kappa shape index (κ1) is 17.1. The van der Waals surface area contributed by atoms with E-state index in [1.165, 1.54) is 6.07 Å². The molecule has 3 rings (SSSR count). The van der Waals surface area contributed by atoms with Gasteiger partial charge in [0.25, 0.3) is 5.91 Å². The Balaban J connectivity index is 1.72. The van der Waals surface area contributed by atoms with Gasteiger partial charge in [-0.2, -0.15) is 0 Å². The lowest BCUT2D eigenvalue weighted by Gasteiger charge is -2.16. The van der Waals surface area contributed by atoms with E-state index in [2.05, 4.69) is 10.6 Å². The minimum atomic E-state index is -0.779. The lowest BCUT2D eigenvalue weighted by molar-refractivity contribution is -0.118. The van der Waals surface area contributed by atoms with Gasteiger partial charge in [-0.3, -0.25) is 9.59 Å². The first-order chi connectivity index (χ1) is 11.9. The lowest BCUT2D eigenvalue weighted by atomic mass is 9.94. The number of hydrogen-bond donors (Lipinski definition) is 2. The molecule has 1 aliphatic rings. The number of carbonyl (C=O) groups is 2. The number of nitrogens with one attached hydrogen (secondary N) is 2. The van der Waals surface area contributed by atoms with Gasteiger partial charge >= 0.3 is 0 Å². The van der Waals surface area contributed by atoms with Crippen molar-refractivity contribution in [3.63, 3.8) is 0 Å². The molecule has 0 bridgehead atoms. The average Bonchev–Trinajstić information content (AvgIpc) is 3.37. The van der Waals surface area contributed by atoms with Crippen molar-refractivity contribution in [2.45, 2.75) is 38.1 Å². The third-order valence-corrected chi connectivity index (χ3v) is 4.40. The molecule has 0 radical (unpaired) electrons. The third kappa shape index (κ3) is 3.55. The highest BCUT2D eigenvalue weighted by Gasteiger charge is 2.52. The third-order valence-electron chi connectivity index (χ3n) is 4.40. The van der Waals surface area contributed by atoms with Crippen LogP contribution in [-0.2, 0) is 10.2 Å². The van der Waals surface area contributed by atoms with Gasteiger partial charge in [0.2, 0.25) is 5.91 Å². The van der Waals surface area contributed by atoms with Crippen LogP contribution in [0.15, 0.2) is 48.5 Å². The molecule has 0 atom stereocenters. The standard InChI is InChI=1S/C20H21FN2O2/c1-13(2)22-18(24)14-7-9-15(10-8-14)23-19(25)20(11-12-20)16-5-3-4-6-17(16)21/h3-10,13H,11-12H2,1-2H3,(H,22,24)(H,23,25). The van der Waals surface area contributed by atoms with E-state index >= 15 is 0 Å². The highest BCUT2D eigenvalue weighted by atomic mass is 19.1. The van der Waals surface area contributed by atoms with E-state index < -0.39 is 5.41 Å².